The van der Waals surface area contributed by atoms with Gasteiger partial charge in [-0.15, -0.1) is 0 Å². The first-order chi connectivity index (χ1) is 15.4. The summed E-state index contributed by atoms with van der Waals surface area (Å²) in [5.74, 6) is 1.05. The van der Waals surface area contributed by atoms with Crippen LogP contribution < -0.4 is 14.8 Å². The molecule has 0 bridgehead atoms. The first-order valence-electron chi connectivity index (χ1n) is 10.6. The molecule has 2 aromatic carbocycles. The summed E-state index contributed by atoms with van der Waals surface area (Å²) in [5, 5.41) is 11.9. The molecule has 2 aliphatic heterocycles. The lowest BCUT2D eigenvalue weighted by atomic mass is 9.96. The lowest BCUT2D eigenvalue weighted by Gasteiger charge is -2.31. The molecule has 0 radical (unpaired) electrons. The highest BCUT2D eigenvalue weighted by Crippen LogP contribution is 2.33. The molecule has 1 fully saturated rings. The predicted molar refractivity (Wildman–Crippen MR) is 117 cm³/mol. The van der Waals surface area contributed by atoms with E-state index in [1.165, 1.54) is 28.6 Å². The van der Waals surface area contributed by atoms with Gasteiger partial charge in [0.25, 0.3) is 0 Å². The maximum Gasteiger partial charge on any atom is 0.243 e. The van der Waals surface area contributed by atoms with Crippen LogP contribution in [0.15, 0.2) is 47.4 Å². The van der Waals surface area contributed by atoms with E-state index in [1.807, 2.05) is 31.2 Å². The van der Waals surface area contributed by atoms with Gasteiger partial charge in [-0.05, 0) is 61.7 Å². The smallest absolute Gasteiger partial charge is 0.243 e. The van der Waals surface area contributed by atoms with Crippen molar-refractivity contribution in [2.45, 2.75) is 30.7 Å². The second-order valence-electron chi connectivity index (χ2n) is 7.95. The van der Waals surface area contributed by atoms with Crippen molar-refractivity contribution in [3.63, 3.8) is 0 Å². The van der Waals surface area contributed by atoms with E-state index in [2.05, 4.69) is 5.32 Å². The second-order valence-corrected chi connectivity index (χ2v) is 9.89. The van der Waals surface area contributed by atoms with Crippen LogP contribution in [0.4, 0.5) is 0 Å². The zero-order chi connectivity index (χ0) is 22.7. The third-order valence-corrected chi connectivity index (χ3v) is 7.78. The van der Waals surface area contributed by atoms with Crippen molar-refractivity contribution >= 4 is 15.9 Å². The molecule has 2 aliphatic rings. The maximum atomic E-state index is 12.9. The Kier molecular flexibility index (Phi) is 6.35. The van der Waals surface area contributed by atoms with Crippen molar-refractivity contribution < 1.29 is 22.7 Å². The summed E-state index contributed by atoms with van der Waals surface area (Å²) in [5.41, 5.74) is 1.33. The van der Waals surface area contributed by atoms with E-state index < -0.39 is 10.0 Å². The summed E-state index contributed by atoms with van der Waals surface area (Å²) in [6, 6.07) is 13.3. The number of carbonyl (C=O) groups excluding carboxylic acids is 1. The van der Waals surface area contributed by atoms with Gasteiger partial charge in [0.05, 0.1) is 22.6 Å². The third-order valence-electron chi connectivity index (χ3n) is 5.87. The van der Waals surface area contributed by atoms with E-state index in [0.717, 1.165) is 5.56 Å². The molecule has 1 N–H and O–H groups in total. The molecule has 0 aliphatic carbocycles. The summed E-state index contributed by atoms with van der Waals surface area (Å²) in [6.07, 6.45) is 0.907. The molecular weight excluding hydrogens is 430 g/mol. The van der Waals surface area contributed by atoms with E-state index in [9.17, 15) is 13.2 Å². The molecule has 168 valence electrons. The fraction of sp³-hybridized carbons (Fsp3) is 0.391. The van der Waals surface area contributed by atoms with Crippen molar-refractivity contribution in [2.24, 2.45) is 5.92 Å². The Morgan fingerprint density at radius 1 is 1.09 bits per heavy atom. The molecule has 2 heterocycles. The molecule has 8 nitrogen and oxygen atoms in total. The third kappa shape index (κ3) is 4.56. The molecule has 4 rings (SSSR count). The van der Waals surface area contributed by atoms with Gasteiger partial charge in [0, 0.05) is 19.0 Å². The number of nitrogens with zero attached hydrogens (tertiary/aromatic N) is 2. The van der Waals surface area contributed by atoms with Gasteiger partial charge in [-0.2, -0.15) is 9.57 Å². The van der Waals surface area contributed by atoms with Gasteiger partial charge in [0.15, 0.2) is 11.5 Å². The van der Waals surface area contributed by atoms with Gasteiger partial charge >= 0.3 is 0 Å². The molecule has 1 atom stereocenters. The summed E-state index contributed by atoms with van der Waals surface area (Å²) in [6.45, 7) is 3.49. The molecular formula is C23H25N3O5S. The van der Waals surface area contributed by atoms with Crippen molar-refractivity contribution in [1.29, 1.82) is 5.26 Å². The lowest BCUT2D eigenvalue weighted by molar-refractivity contribution is -0.126. The topological polar surface area (TPSA) is 109 Å². The minimum Gasteiger partial charge on any atom is -0.486 e. The minimum absolute atomic E-state index is 0.0807. The van der Waals surface area contributed by atoms with Crippen LogP contribution in [-0.4, -0.2) is 44.9 Å². The number of amides is 1. The highest BCUT2D eigenvalue weighted by Gasteiger charge is 2.32. The van der Waals surface area contributed by atoms with Crippen molar-refractivity contribution in [2.75, 3.05) is 26.3 Å². The molecule has 0 aromatic heterocycles. The molecule has 0 spiro atoms. The largest absolute Gasteiger partial charge is 0.486 e. The number of fused-ring (bicyclic) bond motifs is 1. The fourth-order valence-electron chi connectivity index (χ4n) is 3.95. The first-order valence-corrected chi connectivity index (χ1v) is 12.0. The van der Waals surface area contributed by atoms with E-state index in [4.69, 9.17) is 14.7 Å². The van der Waals surface area contributed by atoms with Gasteiger partial charge in [-0.25, -0.2) is 8.42 Å². The van der Waals surface area contributed by atoms with Crippen LogP contribution in [0.3, 0.4) is 0 Å². The standard InChI is InChI=1S/C23H25N3O5S/c1-16(19-4-7-21-22(14-19)31-13-12-30-21)25-23(27)18-8-10-26(11-9-18)32(28,29)20-5-2-17(15-24)3-6-20/h2-7,14,16,18H,8-13H2,1H3,(H,25,27)/t16-/m0/s1. The molecule has 32 heavy (non-hydrogen) atoms. The van der Waals surface area contributed by atoms with Crippen LogP contribution in [-0.2, 0) is 14.8 Å². The van der Waals surface area contributed by atoms with Gasteiger partial charge in [0.1, 0.15) is 13.2 Å². The number of rotatable bonds is 5. The van der Waals surface area contributed by atoms with Crippen LogP contribution in [0.1, 0.15) is 36.9 Å². The monoisotopic (exact) mass is 455 g/mol. The Morgan fingerprint density at radius 2 is 1.75 bits per heavy atom. The maximum absolute atomic E-state index is 12.9. The number of hydrogen-bond acceptors (Lipinski definition) is 6. The van der Waals surface area contributed by atoms with Gasteiger partial charge < -0.3 is 14.8 Å². The Hall–Kier alpha value is -3.09. The average molecular weight is 456 g/mol. The van der Waals surface area contributed by atoms with Gasteiger partial charge in [0.2, 0.25) is 15.9 Å². The van der Waals surface area contributed by atoms with Crippen molar-refractivity contribution in [3.05, 3.63) is 53.6 Å². The quantitative estimate of drug-likeness (QED) is 0.742. The molecule has 2 aromatic rings. The zero-order valence-corrected chi connectivity index (χ0v) is 18.6. The Bertz CT molecular complexity index is 1130. The van der Waals surface area contributed by atoms with E-state index in [-0.39, 0.29) is 35.9 Å². The van der Waals surface area contributed by atoms with Crippen LogP contribution >= 0.6 is 0 Å². The Morgan fingerprint density at radius 3 is 2.41 bits per heavy atom. The number of benzene rings is 2. The number of nitrogens with one attached hydrogen (secondary N) is 1. The van der Waals surface area contributed by atoms with Crippen LogP contribution in [0.25, 0.3) is 0 Å². The number of carbonyl (C=O) groups is 1. The Balaban J connectivity index is 1.34. The first kappa shape index (κ1) is 22.1. The van der Waals surface area contributed by atoms with E-state index >= 15 is 0 Å². The van der Waals surface area contributed by atoms with Crippen molar-refractivity contribution in [1.82, 2.24) is 9.62 Å². The molecule has 1 saturated heterocycles. The predicted octanol–water partition coefficient (Wildman–Crippen LogP) is 2.61. The van der Waals surface area contributed by atoms with Crippen LogP contribution in [0.5, 0.6) is 11.5 Å². The Labute approximate surface area is 187 Å². The number of sulfonamides is 1. The fourth-order valence-corrected chi connectivity index (χ4v) is 5.42. The summed E-state index contributed by atoms with van der Waals surface area (Å²) in [4.78, 5) is 13.0. The lowest BCUT2D eigenvalue weighted by Crippen LogP contribution is -2.43. The number of piperidine rings is 1. The summed E-state index contributed by atoms with van der Waals surface area (Å²) >= 11 is 0. The number of nitriles is 1. The molecule has 9 heteroatoms. The van der Waals surface area contributed by atoms with Crippen LogP contribution in [0.2, 0.25) is 0 Å². The number of ether oxygens (including phenoxy) is 2. The van der Waals surface area contributed by atoms with Crippen LogP contribution in [0, 0.1) is 17.2 Å². The number of hydrogen-bond donors (Lipinski definition) is 1. The zero-order valence-electron chi connectivity index (χ0n) is 17.8. The minimum atomic E-state index is -3.64. The molecule has 1 amide bonds. The average Bonchev–Trinajstić information content (AvgIpc) is 2.83. The summed E-state index contributed by atoms with van der Waals surface area (Å²) < 4.78 is 38.3. The van der Waals surface area contributed by atoms with Gasteiger partial charge in [-0.3, -0.25) is 4.79 Å². The SMILES string of the molecule is C[C@H](NC(=O)C1CCN(S(=O)(=O)c2ccc(C#N)cc2)CC1)c1ccc2c(c1)OCCO2. The normalized spacial score (nSPS) is 17.9. The summed E-state index contributed by atoms with van der Waals surface area (Å²) in [7, 11) is -3.64. The van der Waals surface area contributed by atoms with Crippen molar-refractivity contribution in [3.8, 4) is 17.6 Å². The highest BCUT2D eigenvalue weighted by molar-refractivity contribution is 7.89. The molecule has 0 unspecified atom stereocenters. The molecule has 0 saturated carbocycles. The van der Waals surface area contributed by atoms with Gasteiger partial charge in [-0.1, -0.05) is 6.07 Å². The second kappa shape index (κ2) is 9.18. The highest BCUT2D eigenvalue weighted by atomic mass is 32.2. The van der Waals surface area contributed by atoms with E-state index in [1.54, 1.807) is 0 Å². The van der Waals surface area contributed by atoms with E-state index in [0.29, 0.717) is 43.1 Å².